The van der Waals surface area contributed by atoms with E-state index in [-0.39, 0.29) is 10.6 Å². The molecule has 0 amide bonds. The van der Waals surface area contributed by atoms with Gasteiger partial charge in [0.2, 0.25) is 0 Å². The Balaban J connectivity index is 1.83. The van der Waals surface area contributed by atoms with Crippen LogP contribution in [-0.2, 0) is 6.54 Å². The van der Waals surface area contributed by atoms with Crippen LogP contribution >= 0.6 is 11.6 Å². The molecule has 6 heteroatoms. The molecule has 0 aliphatic heterocycles. The average Bonchev–Trinajstić information content (AvgIpc) is 3.24. The third-order valence-corrected chi connectivity index (χ3v) is 3.84. The van der Waals surface area contributed by atoms with Crippen LogP contribution in [0.2, 0.25) is 5.02 Å². The van der Waals surface area contributed by atoms with E-state index in [1.807, 2.05) is 0 Å². The standard InChI is InChI=1S/C14H20ClN3O2/c1-2-17(13-5-6-13)8-7-16-10-11-3-4-12(15)9-14(11)18(19)20/h3-4,9,13,16H,2,5-8,10H2,1H3. The van der Waals surface area contributed by atoms with Gasteiger partial charge in [-0.05, 0) is 31.5 Å². The summed E-state index contributed by atoms with van der Waals surface area (Å²) in [6.07, 6.45) is 2.60. The molecule has 1 aliphatic carbocycles. The van der Waals surface area contributed by atoms with Crippen LogP contribution in [0.4, 0.5) is 5.69 Å². The second-order valence-corrected chi connectivity index (χ2v) is 5.50. The molecule has 0 bridgehead atoms. The number of halogens is 1. The average molecular weight is 298 g/mol. The van der Waals surface area contributed by atoms with E-state index in [1.165, 1.54) is 18.9 Å². The van der Waals surface area contributed by atoms with Crippen molar-refractivity contribution < 1.29 is 4.92 Å². The second-order valence-electron chi connectivity index (χ2n) is 5.07. The van der Waals surface area contributed by atoms with Crippen molar-refractivity contribution in [2.45, 2.75) is 32.4 Å². The first-order valence-electron chi connectivity index (χ1n) is 6.99. The van der Waals surface area contributed by atoms with Crippen LogP contribution in [0, 0.1) is 10.1 Å². The molecule has 20 heavy (non-hydrogen) atoms. The summed E-state index contributed by atoms with van der Waals surface area (Å²) in [5.74, 6) is 0. The molecule has 0 saturated heterocycles. The highest BCUT2D eigenvalue weighted by atomic mass is 35.5. The fraction of sp³-hybridized carbons (Fsp3) is 0.571. The topological polar surface area (TPSA) is 58.4 Å². The highest BCUT2D eigenvalue weighted by molar-refractivity contribution is 6.30. The Bertz CT molecular complexity index is 477. The molecule has 0 atom stereocenters. The zero-order chi connectivity index (χ0) is 14.5. The highest BCUT2D eigenvalue weighted by Crippen LogP contribution is 2.26. The van der Waals surface area contributed by atoms with Crippen molar-refractivity contribution in [3.05, 3.63) is 38.9 Å². The maximum Gasteiger partial charge on any atom is 0.275 e. The molecular formula is C14H20ClN3O2. The normalized spacial score (nSPS) is 14.8. The number of hydrogen-bond acceptors (Lipinski definition) is 4. The fourth-order valence-corrected chi connectivity index (χ4v) is 2.51. The van der Waals surface area contributed by atoms with Gasteiger partial charge in [0, 0.05) is 42.3 Å². The maximum absolute atomic E-state index is 11.0. The minimum Gasteiger partial charge on any atom is -0.311 e. The molecule has 0 spiro atoms. The molecule has 1 fully saturated rings. The number of likely N-dealkylation sites (N-methyl/N-ethyl adjacent to an activating group) is 1. The van der Waals surface area contributed by atoms with Crippen molar-refractivity contribution in [3.8, 4) is 0 Å². The van der Waals surface area contributed by atoms with Crippen LogP contribution in [0.25, 0.3) is 0 Å². The number of nitrogens with one attached hydrogen (secondary N) is 1. The van der Waals surface area contributed by atoms with Gasteiger partial charge in [0.15, 0.2) is 0 Å². The summed E-state index contributed by atoms with van der Waals surface area (Å²) in [4.78, 5) is 13.0. The van der Waals surface area contributed by atoms with Crippen LogP contribution in [-0.4, -0.2) is 35.5 Å². The maximum atomic E-state index is 11.0. The quantitative estimate of drug-likeness (QED) is 0.455. The molecule has 0 heterocycles. The van der Waals surface area contributed by atoms with E-state index in [1.54, 1.807) is 12.1 Å². The van der Waals surface area contributed by atoms with Gasteiger partial charge in [0.25, 0.3) is 5.69 Å². The highest BCUT2D eigenvalue weighted by Gasteiger charge is 2.27. The molecule has 1 aromatic carbocycles. The lowest BCUT2D eigenvalue weighted by Gasteiger charge is -2.19. The van der Waals surface area contributed by atoms with Gasteiger partial charge in [-0.25, -0.2) is 0 Å². The van der Waals surface area contributed by atoms with Gasteiger partial charge < -0.3 is 5.32 Å². The molecular weight excluding hydrogens is 278 g/mol. The van der Waals surface area contributed by atoms with E-state index in [0.29, 0.717) is 17.1 Å². The summed E-state index contributed by atoms with van der Waals surface area (Å²) < 4.78 is 0. The van der Waals surface area contributed by atoms with Crippen LogP contribution in [0.5, 0.6) is 0 Å². The summed E-state index contributed by atoms with van der Waals surface area (Å²) in [5.41, 5.74) is 0.758. The third kappa shape index (κ3) is 4.16. The van der Waals surface area contributed by atoms with Crippen LogP contribution < -0.4 is 5.32 Å². The predicted molar refractivity (Wildman–Crippen MR) is 80.1 cm³/mol. The summed E-state index contributed by atoms with van der Waals surface area (Å²) in [6, 6.07) is 5.56. The molecule has 1 aliphatic rings. The molecule has 1 aromatic rings. The molecule has 2 rings (SSSR count). The zero-order valence-electron chi connectivity index (χ0n) is 11.6. The largest absolute Gasteiger partial charge is 0.311 e. The van der Waals surface area contributed by atoms with E-state index < -0.39 is 0 Å². The Morgan fingerprint density at radius 1 is 1.50 bits per heavy atom. The van der Waals surface area contributed by atoms with Gasteiger partial charge in [-0.3, -0.25) is 15.0 Å². The van der Waals surface area contributed by atoms with Crippen molar-refractivity contribution in [2.24, 2.45) is 0 Å². The second kappa shape index (κ2) is 7.02. The zero-order valence-corrected chi connectivity index (χ0v) is 12.4. The van der Waals surface area contributed by atoms with Crippen molar-refractivity contribution in [1.29, 1.82) is 0 Å². The summed E-state index contributed by atoms with van der Waals surface area (Å²) >= 11 is 5.79. The first-order chi connectivity index (χ1) is 9.61. The molecule has 5 nitrogen and oxygen atoms in total. The number of benzene rings is 1. The lowest BCUT2D eigenvalue weighted by Crippen LogP contribution is -2.33. The summed E-state index contributed by atoms with van der Waals surface area (Å²) in [5, 5.41) is 14.6. The first-order valence-corrected chi connectivity index (χ1v) is 7.37. The van der Waals surface area contributed by atoms with Crippen molar-refractivity contribution in [2.75, 3.05) is 19.6 Å². The monoisotopic (exact) mass is 297 g/mol. The van der Waals surface area contributed by atoms with Crippen molar-refractivity contribution in [1.82, 2.24) is 10.2 Å². The Morgan fingerprint density at radius 3 is 2.85 bits per heavy atom. The molecule has 1 saturated carbocycles. The van der Waals surface area contributed by atoms with Gasteiger partial charge in [-0.1, -0.05) is 18.5 Å². The minimum atomic E-state index is -0.383. The van der Waals surface area contributed by atoms with Gasteiger partial charge in [0.05, 0.1) is 4.92 Å². The summed E-state index contributed by atoms with van der Waals surface area (Å²) in [7, 11) is 0. The number of rotatable bonds is 8. The Morgan fingerprint density at radius 2 is 2.25 bits per heavy atom. The molecule has 0 aromatic heterocycles. The molecule has 110 valence electrons. The van der Waals surface area contributed by atoms with Crippen LogP contribution in [0.3, 0.4) is 0 Å². The van der Waals surface area contributed by atoms with Gasteiger partial charge in [-0.2, -0.15) is 0 Å². The Hall–Kier alpha value is -1.17. The van der Waals surface area contributed by atoms with Gasteiger partial charge in [0.1, 0.15) is 0 Å². The van der Waals surface area contributed by atoms with Gasteiger partial charge in [-0.15, -0.1) is 0 Å². The number of nitro benzene ring substituents is 1. The molecule has 0 unspecified atom stereocenters. The number of nitrogens with zero attached hydrogens (tertiary/aromatic N) is 2. The molecule has 0 radical (unpaired) electrons. The Kier molecular flexibility index (Phi) is 5.34. The van der Waals surface area contributed by atoms with Crippen LogP contribution in [0.1, 0.15) is 25.3 Å². The van der Waals surface area contributed by atoms with Crippen molar-refractivity contribution in [3.63, 3.8) is 0 Å². The van der Waals surface area contributed by atoms with Crippen molar-refractivity contribution >= 4 is 17.3 Å². The summed E-state index contributed by atoms with van der Waals surface area (Å²) in [6.45, 7) is 5.55. The lowest BCUT2D eigenvalue weighted by molar-refractivity contribution is -0.385. The number of nitro groups is 1. The lowest BCUT2D eigenvalue weighted by atomic mass is 10.2. The molecule has 1 N–H and O–H groups in total. The van der Waals surface area contributed by atoms with E-state index in [4.69, 9.17) is 11.6 Å². The van der Waals surface area contributed by atoms with Crippen LogP contribution in [0.15, 0.2) is 18.2 Å². The minimum absolute atomic E-state index is 0.0829. The first kappa shape index (κ1) is 15.2. The smallest absolute Gasteiger partial charge is 0.275 e. The fourth-order valence-electron chi connectivity index (χ4n) is 2.34. The van der Waals surface area contributed by atoms with E-state index in [0.717, 1.165) is 25.7 Å². The van der Waals surface area contributed by atoms with E-state index in [2.05, 4.69) is 17.1 Å². The predicted octanol–water partition coefficient (Wildman–Crippen LogP) is 2.82. The SMILES string of the molecule is CCN(CCNCc1ccc(Cl)cc1[N+](=O)[O-])C1CC1. The Labute approximate surface area is 124 Å². The van der Waals surface area contributed by atoms with E-state index >= 15 is 0 Å². The van der Waals surface area contributed by atoms with Gasteiger partial charge >= 0.3 is 0 Å². The third-order valence-electron chi connectivity index (χ3n) is 3.60. The number of hydrogen-bond donors (Lipinski definition) is 1. The van der Waals surface area contributed by atoms with E-state index in [9.17, 15) is 10.1 Å².